The molecule has 3 unspecified atom stereocenters. The lowest BCUT2D eigenvalue weighted by molar-refractivity contribution is 0.256. The van der Waals surface area contributed by atoms with Gasteiger partial charge in [0.15, 0.2) is 5.96 Å². The van der Waals surface area contributed by atoms with Gasteiger partial charge in [-0.25, -0.2) is 0 Å². The molecule has 3 rings (SSSR count). The molecule has 132 valence electrons. The molecule has 1 saturated heterocycles. The summed E-state index contributed by atoms with van der Waals surface area (Å²) in [5, 5.41) is 7.13. The molecule has 2 aliphatic rings. The van der Waals surface area contributed by atoms with Gasteiger partial charge in [0, 0.05) is 38.3 Å². The van der Waals surface area contributed by atoms with Crippen molar-refractivity contribution in [1.29, 1.82) is 0 Å². The van der Waals surface area contributed by atoms with Gasteiger partial charge >= 0.3 is 0 Å². The molecule has 0 bridgehead atoms. The summed E-state index contributed by atoms with van der Waals surface area (Å²) in [5.74, 6) is 1.40. The summed E-state index contributed by atoms with van der Waals surface area (Å²) in [6, 6.07) is 10.8. The quantitative estimate of drug-likeness (QED) is 0.645. The third kappa shape index (κ3) is 4.29. The number of guanidine groups is 1. The van der Waals surface area contributed by atoms with Crippen molar-refractivity contribution in [2.24, 2.45) is 4.99 Å². The first-order valence-corrected chi connectivity index (χ1v) is 9.36. The number of likely N-dealkylation sites (tertiary alicyclic amines) is 1. The lowest BCUT2D eigenvalue weighted by atomic mass is 9.99. The summed E-state index contributed by atoms with van der Waals surface area (Å²) in [6.45, 7) is 8.83. The molecule has 0 amide bonds. The molecule has 0 radical (unpaired) electrons. The van der Waals surface area contributed by atoms with E-state index in [9.17, 15) is 0 Å². The highest BCUT2D eigenvalue weighted by Crippen LogP contribution is 2.33. The number of hydrogen-bond acceptors (Lipinski definition) is 2. The highest BCUT2D eigenvalue weighted by Gasteiger charge is 2.38. The monoisotopic (exact) mass is 328 g/mol. The fraction of sp³-hybridized carbons (Fsp3) is 0.650. The molecular weight excluding hydrogens is 296 g/mol. The third-order valence-corrected chi connectivity index (χ3v) is 5.39. The van der Waals surface area contributed by atoms with Crippen molar-refractivity contribution >= 4 is 5.96 Å². The van der Waals surface area contributed by atoms with Crippen LogP contribution in [0, 0.1) is 6.92 Å². The Kier molecular flexibility index (Phi) is 5.44. The average molecular weight is 329 g/mol. The lowest BCUT2D eigenvalue weighted by Gasteiger charge is -2.21. The summed E-state index contributed by atoms with van der Waals surface area (Å²) in [6.07, 6.45) is 3.99. The van der Waals surface area contributed by atoms with Gasteiger partial charge in [0.25, 0.3) is 0 Å². The van der Waals surface area contributed by atoms with Gasteiger partial charge in [-0.15, -0.1) is 0 Å². The van der Waals surface area contributed by atoms with E-state index in [-0.39, 0.29) is 0 Å². The number of nitrogens with one attached hydrogen (secondary N) is 2. The van der Waals surface area contributed by atoms with Crippen LogP contribution in [-0.4, -0.2) is 49.1 Å². The zero-order valence-corrected chi connectivity index (χ0v) is 15.5. The molecule has 4 nitrogen and oxygen atoms in total. The van der Waals surface area contributed by atoms with Crippen molar-refractivity contribution in [3.63, 3.8) is 0 Å². The average Bonchev–Trinajstić information content (AvgIpc) is 3.34. The Hall–Kier alpha value is -1.55. The summed E-state index contributed by atoms with van der Waals surface area (Å²) in [7, 11) is 1.86. The number of hydrogen-bond donors (Lipinski definition) is 2. The van der Waals surface area contributed by atoms with Crippen molar-refractivity contribution in [2.45, 2.75) is 64.1 Å². The Morgan fingerprint density at radius 1 is 1.38 bits per heavy atom. The molecule has 1 aromatic carbocycles. The second-order valence-electron chi connectivity index (χ2n) is 7.62. The van der Waals surface area contributed by atoms with Gasteiger partial charge < -0.3 is 10.6 Å². The Labute approximate surface area is 146 Å². The number of benzene rings is 1. The Morgan fingerprint density at radius 3 is 2.83 bits per heavy atom. The smallest absolute Gasteiger partial charge is 0.191 e. The minimum Gasteiger partial charge on any atom is -0.356 e. The van der Waals surface area contributed by atoms with Gasteiger partial charge in [-0.1, -0.05) is 36.8 Å². The van der Waals surface area contributed by atoms with Crippen LogP contribution in [0.2, 0.25) is 0 Å². The fourth-order valence-corrected chi connectivity index (χ4v) is 3.81. The van der Waals surface area contributed by atoms with E-state index in [0.29, 0.717) is 18.0 Å². The van der Waals surface area contributed by atoms with E-state index in [1.807, 2.05) is 7.05 Å². The molecule has 2 fully saturated rings. The first-order valence-electron chi connectivity index (χ1n) is 9.36. The Bertz CT molecular complexity index is 579. The summed E-state index contributed by atoms with van der Waals surface area (Å²) in [4.78, 5) is 7.09. The minimum absolute atomic E-state index is 0.467. The summed E-state index contributed by atoms with van der Waals surface area (Å²) < 4.78 is 0. The van der Waals surface area contributed by atoms with Gasteiger partial charge in [-0.2, -0.15) is 0 Å². The lowest BCUT2D eigenvalue weighted by Crippen LogP contribution is -2.45. The predicted octanol–water partition coefficient (Wildman–Crippen LogP) is 2.89. The van der Waals surface area contributed by atoms with Crippen molar-refractivity contribution in [3.05, 3.63) is 35.4 Å². The van der Waals surface area contributed by atoms with E-state index >= 15 is 0 Å². The van der Waals surface area contributed by atoms with Crippen molar-refractivity contribution in [3.8, 4) is 0 Å². The molecule has 24 heavy (non-hydrogen) atoms. The molecule has 4 heteroatoms. The van der Waals surface area contributed by atoms with Gasteiger partial charge in [-0.3, -0.25) is 9.89 Å². The van der Waals surface area contributed by atoms with Crippen LogP contribution >= 0.6 is 0 Å². The van der Waals surface area contributed by atoms with E-state index in [0.717, 1.165) is 25.1 Å². The number of aryl methyl sites for hydroxylation is 1. The Balaban J connectivity index is 1.48. The van der Waals surface area contributed by atoms with Gasteiger partial charge in [-0.05, 0) is 44.6 Å². The van der Waals surface area contributed by atoms with Gasteiger partial charge in [0.1, 0.15) is 0 Å². The standard InChI is InChI=1S/C20H32N4/c1-14-6-5-7-17(10-14)15(2)12-22-20(21-4)23-18-11-16(3)24(13-18)19-8-9-19/h5-7,10,15-16,18-19H,8-9,11-13H2,1-4H3,(H2,21,22,23). The highest BCUT2D eigenvalue weighted by atomic mass is 15.3. The number of aliphatic imine (C=N–C) groups is 1. The van der Waals surface area contributed by atoms with Crippen LogP contribution < -0.4 is 10.6 Å². The van der Waals surface area contributed by atoms with E-state index in [1.54, 1.807) is 0 Å². The number of rotatable bonds is 5. The van der Waals surface area contributed by atoms with Crippen LogP contribution in [0.4, 0.5) is 0 Å². The molecule has 1 aliphatic heterocycles. The normalized spacial score (nSPS) is 26.4. The SMILES string of the molecule is CN=C(NCC(C)c1cccc(C)c1)NC1CC(C)N(C2CC2)C1. The first-order chi connectivity index (χ1) is 11.6. The van der Waals surface area contributed by atoms with Crippen LogP contribution in [-0.2, 0) is 0 Å². The largest absolute Gasteiger partial charge is 0.356 e. The number of nitrogens with zero attached hydrogens (tertiary/aromatic N) is 2. The molecule has 0 spiro atoms. The van der Waals surface area contributed by atoms with Crippen LogP contribution in [0.25, 0.3) is 0 Å². The van der Waals surface area contributed by atoms with E-state index in [1.165, 1.54) is 30.4 Å². The third-order valence-electron chi connectivity index (χ3n) is 5.39. The van der Waals surface area contributed by atoms with Crippen LogP contribution in [0.1, 0.15) is 50.2 Å². The van der Waals surface area contributed by atoms with Crippen LogP contribution in [0.15, 0.2) is 29.3 Å². The van der Waals surface area contributed by atoms with Gasteiger partial charge in [0.05, 0.1) is 0 Å². The zero-order valence-electron chi connectivity index (χ0n) is 15.5. The fourth-order valence-electron chi connectivity index (χ4n) is 3.81. The van der Waals surface area contributed by atoms with Crippen molar-refractivity contribution in [2.75, 3.05) is 20.1 Å². The van der Waals surface area contributed by atoms with E-state index in [4.69, 9.17) is 0 Å². The van der Waals surface area contributed by atoms with Gasteiger partial charge in [0.2, 0.25) is 0 Å². The topological polar surface area (TPSA) is 39.7 Å². The maximum Gasteiger partial charge on any atom is 0.191 e. The van der Waals surface area contributed by atoms with E-state index < -0.39 is 0 Å². The van der Waals surface area contributed by atoms with E-state index in [2.05, 4.69) is 65.6 Å². The second-order valence-corrected chi connectivity index (χ2v) is 7.62. The molecule has 1 saturated carbocycles. The molecule has 3 atom stereocenters. The van der Waals surface area contributed by atoms with Crippen LogP contribution in [0.5, 0.6) is 0 Å². The first kappa shape index (κ1) is 17.3. The predicted molar refractivity (Wildman–Crippen MR) is 102 cm³/mol. The molecule has 1 aliphatic carbocycles. The second kappa shape index (κ2) is 7.56. The molecule has 1 heterocycles. The molecule has 2 N–H and O–H groups in total. The minimum atomic E-state index is 0.467. The Morgan fingerprint density at radius 2 is 2.17 bits per heavy atom. The summed E-state index contributed by atoms with van der Waals surface area (Å²) >= 11 is 0. The van der Waals surface area contributed by atoms with Crippen molar-refractivity contribution < 1.29 is 0 Å². The maximum absolute atomic E-state index is 4.42. The maximum atomic E-state index is 4.42. The summed E-state index contributed by atoms with van der Waals surface area (Å²) in [5.41, 5.74) is 2.70. The molecule has 1 aromatic rings. The molecular formula is C20H32N4. The highest BCUT2D eigenvalue weighted by molar-refractivity contribution is 5.80. The molecule has 0 aromatic heterocycles. The zero-order chi connectivity index (χ0) is 17.1. The van der Waals surface area contributed by atoms with Crippen LogP contribution in [0.3, 0.4) is 0 Å². The van der Waals surface area contributed by atoms with Crippen molar-refractivity contribution in [1.82, 2.24) is 15.5 Å².